The molecule has 1 aliphatic heterocycles. The van der Waals surface area contributed by atoms with Crippen LogP contribution in [0, 0.1) is 0 Å². The summed E-state index contributed by atoms with van der Waals surface area (Å²) in [6.45, 7) is 1.88. The standard InChI is InChI=1S/C30H40N8S2/c1-35(2)27-15-11-25(12-16-27)31-33-29-9-5-7-19-37(29)21-23-39-40-24-22-38-20-8-6-10-30(38)34-32-26-13-17-28(18-14-26)36(3)4/h5-20,29,31-33H,21-24H2,1-4H3/p+1. The Kier molecular flexibility index (Phi) is 11.3. The third-order valence-electron chi connectivity index (χ3n) is 6.38. The highest BCUT2D eigenvalue weighted by atomic mass is 33.1. The number of allylic oxidation sites excluding steroid dienone is 2. The first-order valence-corrected chi connectivity index (χ1v) is 15.9. The Morgan fingerprint density at radius 3 is 2.08 bits per heavy atom. The summed E-state index contributed by atoms with van der Waals surface area (Å²) >= 11 is 0. The van der Waals surface area contributed by atoms with E-state index in [1.165, 1.54) is 11.4 Å². The summed E-state index contributed by atoms with van der Waals surface area (Å²) in [4.78, 5) is 6.51. The van der Waals surface area contributed by atoms with Crippen molar-refractivity contribution in [2.75, 3.05) is 72.3 Å². The molecule has 2 aromatic carbocycles. The van der Waals surface area contributed by atoms with Crippen LogP contribution in [-0.2, 0) is 6.54 Å². The van der Waals surface area contributed by atoms with E-state index in [2.05, 4.69) is 138 Å². The van der Waals surface area contributed by atoms with Gasteiger partial charge in [0.2, 0.25) is 0 Å². The number of nitrogens with one attached hydrogen (secondary N) is 4. The minimum atomic E-state index is 0.101. The van der Waals surface area contributed by atoms with Gasteiger partial charge in [-0.1, -0.05) is 33.7 Å². The highest BCUT2D eigenvalue weighted by Crippen LogP contribution is 2.22. The number of rotatable bonds is 15. The predicted molar refractivity (Wildman–Crippen MR) is 176 cm³/mol. The van der Waals surface area contributed by atoms with Gasteiger partial charge in [0.05, 0.1) is 11.9 Å². The van der Waals surface area contributed by atoms with Crippen LogP contribution < -0.4 is 36.1 Å². The van der Waals surface area contributed by atoms with E-state index in [0.717, 1.165) is 41.8 Å². The van der Waals surface area contributed by atoms with Gasteiger partial charge >= 0.3 is 0 Å². The summed E-state index contributed by atoms with van der Waals surface area (Å²) in [5.74, 6) is 3.09. The molecule has 1 aliphatic rings. The predicted octanol–water partition coefficient (Wildman–Crippen LogP) is 5.25. The molecule has 8 nitrogen and oxygen atoms in total. The molecule has 4 N–H and O–H groups in total. The molecule has 212 valence electrons. The molecule has 1 aromatic heterocycles. The van der Waals surface area contributed by atoms with Gasteiger partial charge < -0.3 is 20.1 Å². The van der Waals surface area contributed by atoms with Gasteiger partial charge in [-0.15, -0.1) is 0 Å². The van der Waals surface area contributed by atoms with E-state index in [1.54, 1.807) is 0 Å². The van der Waals surface area contributed by atoms with Crippen molar-refractivity contribution in [1.82, 2.24) is 10.3 Å². The van der Waals surface area contributed by atoms with Crippen molar-refractivity contribution < 1.29 is 4.57 Å². The molecule has 0 spiro atoms. The second-order valence-corrected chi connectivity index (χ2v) is 12.4. The van der Waals surface area contributed by atoms with Crippen LogP contribution in [-0.4, -0.2) is 57.3 Å². The maximum atomic E-state index is 3.44. The Morgan fingerprint density at radius 1 is 0.750 bits per heavy atom. The molecule has 1 atom stereocenters. The lowest BCUT2D eigenvalue weighted by Gasteiger charge is -2.31. The van der Waals surface area contributed by atoms with Crippen molar-refractivity contribution in [2.24, 2.45) is 0 Å². The number of aromatic nitrogens is 1. The molecule has 2 heterocycles. The molecule has 0 amide bonds. The lowest BCUT2D eigenvalue weighted by molar-refractivity contribution is -0.678. The summed E-state index contributed by atoms with van der Waals surface area (Å²) < 4.78 is 2.24. The Labute approximate surface area is 246 Å². The number of hydrazine groups is 2. The average molecular weight is 578 g/mol. The smallest absolute Gasteiger partial charge is 0.297 e. The fourth-order valence-electron chi connectivity index (χ4n) is 4.04. The number of aryl methyl sites for hydroxylation is 1. The molecule has 1 unspecified atom stereocenters. The molecule has 0 saturated heterocycles. The number of benzene rings is 2. The van der Waals surface area contributed by atoms with Crippen molar-refractivity contribution in [2.45, 2.75) is 12.7 Å². The molecule has 40 heavy (non-hydrogen) atoms. The van der Waals surface area contributed by atoms with E-state index in [0.29, 0.717) is 0 Å². The summed E-state index contributed by atoms with van der Waals surface area (Å²) in [6.07, 6.45) is 10.7. The van der Waals surface area contributed by atoms with Crippen LogP contribution in [0.1, 0.15) is 0 Å². The van der Waals surface area contributed by atoms with Crippen LogP contribution >= 0.6 is 21.6 Å². The van der Waals surface area contributed by atoms with Gasteiger partial charge in [0.1, 0.15) is 12.7 Å². The van der Waals surface area contributed by atoms with E-state index in [4.69, 9.17) is 0 Å². The summed E-state index contributed by atoms with van der Waals surface area (Å²) in [7, 11) is 12.0. The van der Waals surface area contributed by atoms with E-state index >= 15 is 0 Å². The Hall–Kier alpha value is -3.47. The number of hydrogen-bond acceptors (Lipinski definition) is 9. The van der Waals surface area contributed by atoms with Crippen molar-refractivity contribution in [3.63, 3.8) is 0 Å². The number of anilines is 5. The normalized spacial score (nSPS) is 14.2. The van der Waals surface area contributed by atoms with E-state index in [9.17, 15) is 0 Å². The maximum absolute atomic E-state index is 3.44. The molecular formula is C30H41N8S2+. The van der Waals surface area contributed by atoms with Crippen LogP contribution in [0.4, 0.5) is 28.6 Å². The van der Waals surface area contributed by atoms with Gasteiger partial charge in [-0.05, 0) is 66.7 Å². The van der Waals surface area contributed by atoms with Crippen molar-refractivity contribution in [3.8, 4) is 0 Å². The molecule has 0 radical (unpaired) electrons. The van der Waals surface area contributed by atoms with Crippen LogP contribution in [0.2, 0.25) is 0 Å². The minimum absolute atomic E-state index is 0.101. The maximum Gasteiger partial charge on any atom is 0.297 e. The zero-order chi connectivity index (χ0) is 28.2. The largest absolute Gasteiger partial charge is 0.378 e. The molecule has 3 aromatic rings. The van der Waals surface area contributed by atoms with Gasteiger partial charge in [0.25, 0.3) is 5.82 Å². The molecule has 0 saturated carbocycles. The van der Waals surface area contributed by atoms with E-state index < -0.39 is 0 Å². The molecule has 0 aliphatic carbocycles. The number of pyridine rings is 1. The van der Waals surface area contributed by atoms with Crippen LogP contribution in [0.15, 0.2) is 97.4 Å². The monoisotopic (exact) mass is 577 g/mol. The lowest BCUT2D eigenvalue weighted by Crippen LogP contribution is -2.45. The minimum Gasteiger partial charge on any atom is -0.378 e. The fraction of sp³-hybridized carbons (Fsp3) is 0.300. The molecular weight excluding hydrogens is 537 g/mol. The molecule has 0 fully saturated rings. The van der Waals surface area contributed by atoms with Crippen LogP contribution in [0.25, 0.3) is 0 Å². The average Bonchev–Trinajstić information content (AvgIpc) is 2.98. The first-order valence-electron chi connectivity index (χ1n) is 13.4. The van der Waals surface area contributed by atoms with Crippen LogP contribution in [0.3, 0.4) is 0 Å². The highest BCUT2D eigenvalue weighted by molar-refractivity contribution is 8.76. The van der Waals surface area contributed by atoms with Crippen LogP contribution in [0.5, 0.6) is 0 Å². The zero-order valence-electron chi connectivity index (χ0n) is 23.7. The van der Waals surface area contributed by atoms with Crippen molar-refractivity contribution >= 4 is 50.2 Å². The van der Waals surface area contributed by atoms with Gasteiger partial charge in [-0.25, -0.2) is 15.4 Å². The van der Waals surface area contributed by atoms with Gasteiger partial charge in [-0.3, -0.25) is 0 Å². The van der Waals surface area contributed by atoms with Gasteiger partial charge in [0, 0.05) is 75.6 Å². The highest BCUT2D eigenvalue weighted by Gasteiger charge is 2.14. The zero-order valence-corrected chi connectivity index (χ0v) is 25.4. The fourth-order valence-corrected chi connectivity index (χ4v) is 5.98. The van der Waals surface area contributed by atoms with E-state index in [-0.39, 0.29) is 6.17 Å². The number of nitrogens with zero attached hydrogens (tertiary/aromatic N) is 4. The lowest BCUT2D eigenvalue weighted by atomic mass is 10.2. The Bertz CT molecular complexity index is 1230. The van der Waals surface area contributed by atoms with Crippen molar-refractivity contribution in [3.05, 3.63) is 97.4 Å². The second kappa shape index (κ2) is 15.4. The summed E-state index contributed by atoms with van der Waals surface area (Å²) in [5, 5.41) is 0. The number of hydrogen-bond donors (Lipinski definition) is 4. The molecule has 4 rings (SSSR count). The Balaban J connectivity index is 1.16. The van der Waals surface area contributed by atoms with Gasteiger partial charge in [0.15, 0.2) is 0 Å². The molecule has 10 heteroatoms. The summed E-state index contributed by atoms with van der Waals surface area (Å²) in [5.41, 5.74) is 17.9. The topological polar surface area (TPSA) is 61.7 Å². The van der Waals surface area contributed by atoms with Crippen molar-refractivity contribution in [1.29, 1.82) is 0 Å². The third kappa shape index (κ3) is 9.04. The Morgan fingerprint density at radius 2 is 1.40 bits per heavy atom. The summed E-state index contributed by atoms with van der Waals surface area (Å²) in [6, 6.07) is 23.0. The first-order chi connectivity index (χ1) is 19.5. The quantitative estimate of drug-likeness (QED) is 0.0839. The molecule has 0 bridgehead atoms. The van der Waals surface area contributed by atoms with Gasteiger partial charge in [-0.2, -0.15) is 5.43 Å². The third-order valence-corrected chi connectivity index (χ3v) is 8.74. The van der Waals surface area contributed by atoms with E-state index in [1.807, 2.05) is 49.8 Å². The second-order valence-electron chi connectivity index (χ2n) is 9.73. The SMILES string of the molecule is CN(C)c1ccc(NNc2cccc[n+]2CCSSCCN2C=CC=CC2NNc2ccc(N(C)C)cc2)cc1. The first kappa shape index (κ1) is 29.5.